The first-order valence-corrected chi connectivity index (χ1v) is 8.67. The number of halogens is 1. The maximum absolute atomic E-state index is 11.8. The zero-order valence-electron chi connectivity index (χ0n) is 16.7. The Morgan fingerprint density at radius 2 is 1.77 bits per heavy atom. The van der Waals surface area contributed by atoms with Crippen molar-refractivity contribution in [2.24, 2.45) is 10.9 Å². The van der Waals surface area contributed by atoms with Crippen LogP contribution in [0.3, 0.4) is 0 Å². The fourth-order valence-corrected chi connectivity index (χ4v) is 2.00. The van der Waals surface area contributed by atoms with Crippen molar-refractivity contribution in [3.63, 3.8) is 0 Å². The van der Waals surface area contributed by atoms with Gasteiger partial charge in [-0.1, -0.05) is 26.0 Å². The van der Waals surface area contributed by atoms with Crippen LogP contribution in [0.15, 0.2) is 29.3 Å². The molecule has 0 radical (unpaired) electrons. The Morgan fingerprint density at radius 1 is 1.15 bits per heavy atom. The Hall–Kier alpha value is -1.51. The van der Waals surface area contributed by atoms with E-state index in [1.54, 1.807) is 7.05 Å². The SMILES string of the molecule is CN=C(NCC(=O)NC(C)(C)C)NCc1ccc(OCC(C)C)cc1.I. The number of ether oxygens (including phenoxy) is 1. The fraction of sp³-hybridized carbons (Fsp3) is 0.579. The number of carbonyl (C=O) groups excluding carboxylic acids is 1. The molecular formula is C19H33IN4O2. The van der Waals surface area contributed by atoms with Gasteiger partial charge >= 0.3 is 0 Å². The van der Waals surface area contributed by atoms with Crippen LogP contribution >= 0.6 is 24.0 Å². The van der Waals surface area contributed by atoms with E-state index in [1.165, 1.54) is 0 Å². The number of carbonyl (C=O) groups is 1. The van der Waals surface area contributed by atoms with E-state index in [4.69, 9.17) is 4.74 Å². The van der Waals surface area contributed by atoms with Gasteiger partial charge in [0, 0.05) is 19.1 Å². The van der Waals surface area contributed by atoms with Gasteiger partial charge in [-0.15, -0.1) is 24.0 Å². The Morgan fingerprint density at radius 3 is 2.27 bits per heavy atom. The molecule has 0 atom stereocenters. The zero-order chi connectivity index (χ0) is 18.9. The highest BCUT2D eigenvalue weighted by Gasteiger charge is 2.13. The minimum absolute atomic E-state index is 0. The van der Waals surface area contributed by atoms with Gasteiger partial charge in [0.05, 0.1) is 13.2 Å². The van der Waals surface area contributed by atoms with Crippen molar-refractivity contribution in [2.45, 2.75) is 46.7 Å². The number of amides is 1. The molecule has 0 aliphatic carbocycles. The molecule has 26 heavy (non-hydrogen) atoms. The molecule has 3 N–H and O–H groups in total. The van der Waals surface area contributed by atoms with E-state index in [2.05, 4.69) is 34.8 Å². The van der Waals surface area contributed by atoms with Crippen LogP contribution in [0.1, 0.15) is 40.2 Å². The Labute approximate surface area is 174 Å². The highest BCUT2D eigenvalue weighted by atomic mass is 127. The number of rotatable bonds is 7. The smallest absolute Gasteiger partial charge is 0.239 e. The summed E-state index contributed by atoms with van der Waals surface area (Å²) in [4.78, 5) is 16.0. The summed E-state index contributed by atoms with van der Waals surface area (Å²) < 4.78 is 5.67. The van der Waals surface area contributed by atoms with Gasteiger partial charge in [0.2, 0.25) is 5.91 Å². The highest BCUT2D eigenvalue weighted by molar-refractivity contribution is 14.0. The molecule has 1 amide bonds. The van der Waals surface area contributed by atoms with Gasteiger partial charge < -0.3 is 20.7 Å². The van der Waals surface area contributed by atoms with Gasteiger partial charge in [0.15, 0.2) is 5.96 Å². The first kappa shape index (κ1) is 24.5. The molecule has 0 aliphatic heterocycles. The molecule has 0 fully saturated rings. The first-order valence-electron chi connectivity index (χ1n) is 8.67. The van der Waals surface area contributed by atoms with Gasteiger partial charge in [-0.05, 0) is 44.4 Å². The van der Waals surface area contributed by atoms with E-state index in [0.717, 1.165) is 11.3 Å². The number of guanidine groups is 1. The maximum atomic E-state index is 11.8. The average Bonchev–Trinajstić information content (AvgIpc) is 2.52. The summed E-state index contributed by atoms with van der Waals surface area (Å²) in [6.07, 6.45) is 0. The van der Waals surface area contributed by atoms with Gasteiger partial charge in [-0.3, -0.25) is 9.79 Å². The zero-order valence-corrected chi connectivity index (χ0v) is 19.0. The van der Waals surface area contributed by atoms with Crippen molar-refractivity contribution in [1.82, 2.24) is 16.0 Å². The Kier molecular flexibility index (Phi) is 11.3. The van der Waals surface area contributed by atoms with Crippen molar-refractivity contribution in [1.29, 1.82) is 0 Å². The van der Waals surface area contributed by atoms with Gasteiger partial charge in [0.1, 0.15) is 5.75 Å². The van der Waals surface area contributed by atoms with Crippen molar-refractivity contribution >= 4 is 35.8 Å². The molecular weight excluding hydrogens is 443 g/mol. The number of hydrogen-bond donors (Lipinski definition) is 3. The van der Waals surface area contributed by atoms with E-state index < -0.39 is 0 Å². The molecule has 1 rings (SSSR count). The second kappa shape index (κ2) is 12.0. The first-order chi connectivity index (χ1) is 11.7. The molecule has 0 saturated heterocycles. The summed E-state index contributed by atoms with van der Waals surface area (Å²) in [5, 5.41) is 9.10. The molecule has 0 aliphatic rings. The van der Waals surface area contributed by atoms with Crippen molar-refractivity contribution in [3.05, 3.63) is 29.8 Å². The summed E-state index contributed by atoms with van der Waals surface area (Å²) >= 11 is 0. The predicted octanol–water partition coefficient (Wildman–Crippen LogP) is 2.92. The fourth-order valence-electron chi connectivity index (χ4n) is 2.00. The third kappa shape index (κ3) is 11.2. The van der Waals surface area contributed by atoms with Crippen LogP contribution in [0.25, 0.3) is 0 Å². The van der Waals surface area contributed by atoms with Crippen LogP contribution in [0.2, 0.25) is 0 Å². The molecule has 0 heterocycles. The highest BCUT2D eigenvalue weighted by Crippen LogP contribution is 2.13. The largest absolute Gasteiger partial charge is 0.493 e. The minimum atomic E-state index is -0.241. The lowest BCUT2D eigenvalue weighted by molar-refractivity contribution is -0.121. The Balaban J connectivity index is 0.00000625. The second-order valence-electron chi connectivity index (χ2n) is 7.43. The lowest BCUT2D eigenvalue weighted by Gasteiger charge is -2.21. The van der Waals surface area contributed by atoms with Crippen LogP contribution in [0.4, 0.5) is 0 Å². The van der Waals surface area contributed by atoms with Gasteiger partial charge in [-0.2, -0.15) is 0 Å². The molecule has 0 spiro atoms. The number of hydrogen-bond acceptors (Lipinski definition) is 3. The second-order valence-corrected chi connectivity index (χ2v) is 7.43. The normalized spacial score (nSPS) is 11.6. The summed E-state index contributed by atoms with van der Waals surface area (Å²) in [6, 6.07) is 7.96. The average molecular weight is 476 g/mol. The number of nitrogens with zero attached hydrogens (tertiary/aromatic N) is 1. The van der Waals surface area contributed by atoms with E-state index in [0.29, 0.717) is 25.0 Å². The monoisotopic (exact) mass is 476 g/mol. The molecule has 0 aromatic heterocycles. The van der Waals surface area contributed by atoms with Crippen LogP contribution in [0.5, 0.6) is 5.75 Å². The summed E-state index contributed by atoms with van der Waals surface area (Å²) in [6.45, 7) is 11.6. The minimum Gasteiger partial charge on any atom is -0.493 e. The topological polar surface area (TPSA) is 74.8 Å². The van der Waals surface area contributed by atoms with Crippen LogP contribution < -0.4 is 20.7 Å². The van der Waals surface area contributed by atoms with Crippen molar-refractivity contribution < 1.29 is 9.53 Å². The predicted molar refractivity (Wildman–Crippen MR) is 118 cm³/mol. The number of benzene rings is 1. The van der Waals surface area contributed by atoms with Crippen LogP contribution in [-0.4, -0.2) is 37.6 Å². The van der Waals surface area contributed by atoms with Gasteiger partial charge in [-0.25, -0.2) is 0 Å². The Bertz CT molecular complexity index is 566. The van der Waals surface area contributed by atoms with Crippen LogP contribution in [-0.2, 0) is 11.3 Å². The third-order valence-corrected chi connectivity index (χ3v) is 3.12. The standard InChI is InChI=1S/C19H32N4O2.HI/c1-14(2)13-25-16-9-7-15(8-10-16)11-21-18(20-6)22-12-17(24)23-19(3,4)5;/h7-10,14H,11-13H2,1-6H3,(H,23,24)(H2,20,21,22);1H. The number of aliphatic imine (C=N–C) groups is 1. The van der Waals surface area contributed by atoms with E-state index in [-0.39, 0.29) is 42.0 Å². The summed E-state index contributed by atoms with van der Waals surface area (Å²) in [5.74, 6) is 1.90. The summed E-state index contributed by atoms with van der Waals surface area (Å²) in [5.41, 5.74) is 0.869. The molecule has 0 unspecified atom stereocenters. The van der Waals surface area contributed by atoms with Crippen molar-refractivity contribution in [3.8, 4) is 5.75 Å². The molecule has 1 aromatic carbocycles. The maximum Gasteiger partial charge on any atom is 0.239 e. The summed E-state index contributed by atoms with van der Waals surface area (Å²) in [7, 11) is 1.68. The van der Waals surface area contributed by atoms with E-state index >= 15 is 0 Å². The van der Waals surface area contributed by atoms with Crippen molar-refractivity contribution in [2.75, 3.05) is 20.2 Å². The third-order valence-electron chi connectivity index (χ3n) is 3.12. The van der Waals surface area contributed by atoms with Gasteiger partial charge in [0.25, 0.3) is 0 Å². The van der Waals surface area contributed by atoms with E-state index in [1.807, 2.05) is 45.0 Å². The molecule has 148 valence electrons. The molecule has 0 saturated carbocycles. The number of nitrogens with one attached hydrogen (secondary N) is 3. The molecule has 0 bridgehead atoms. The molecule has 7 heteroatoms. The molecule has 6 nitrogen and oxygen atoms in total. The quantitative estimate of drug-likeness (QED) is 0.322. The lowest BCUT2D eigenvalue weighted by Crippen LogP contribution is -2.48. The molecule has 1 aromatic rings. The van der Waals surface area contributed by atoms with E-state index in [9.17, 15) is 4.79 Å². The van der Waals surface area contributed by atoms with Crippen LogP contribution in [0, 0.1) is 5.92 Å². The lowest BCUT2D eigenvalue weighted by atomic mass is 10.1.